The maximum atomic E-state index is 12.7. The summed E-state index contributed by atoms with van der Waals surface area (Å²) >= 11 is 0. The first-order valence-corrected chi connectivity index (χ1v) is 8.13. The molecule has 0 bridgehead atoms. The van der Waals surface area contributed by atoms with Gasteiger partial charge in [0.05, 0.1) is 11.2 Å². The summed E-state index contributed by atoms with van der Waals surface area (Å²) in [5, 5.41) is 1.64. The third kappa shape index (κ3) is 2.62. The zero-order valence-corrected chi connectivity index (χ0v) is 14.7. The van der Waals surface area contributed by atoms with Crippen molar-refractivity contribution < 1.29 is 9.31 Å². The van der Waals surface area contributed by atoms with Gasteiger partial charge in [0.1, 0.15) is 0 Å². The molecule has 0 spiro atoms. The first-order valence-electron chi connectivity index (χ1n) is 8.13. The molecular weight excluding hydrogens is 289 g/mol. The molecule has 4 nitrogen and oxygen atoms in total. The third-order valence-corrected chi connectivity index (χ3v) is 5.04. The Hall–Kier alpha value is -1.59. The highest BCUT2D eigenvalue weighted by molar-refractivity contribution is 6.62. The number of hydrogen-bond donors (Lipinski definition) is 0. The van der Waals surface area contributed by atoms with Crippen LogP contribution in [-0.2, 0) is 9.31 Å². The van der Waals surface area contributed by atoms with E-state index in [1.54, 1.807) is 4.57 Å². The summed E-state index contributed by atoms with van der Waals surface area (Å²) in [5.41, 5.74) is 0.133. The van der Waals surface area contributed by atoms with Gasteiger partial charge in [-0.3, -0.25) is 4.79 Å². The van der Waals surface area contributed by atoms with Crippen molar-refractivity contribution in [2.24, 2.45) is 0 Å². The lowest BCUT2D eigenvalue weighted by Crippen LogP contribution is -2.41. The normalized spacial score (nSPS) is 19.7. The molecule has 0 amide bonds. The Morgan fingerprint density at radius 1 is 1.04 bits per heavy atom. The van der Waals surface area contributed by atoms with Gasteiger partial charge in [0.2, 0.25) is 0 Å². The predicted octanol–water partition coefficient (Wildman–Crippen LogP) is 2.88. The second-order valence-electron chi connectivity index (χ2n) is 7.56. The predicted molar refractivity (Wildman–Crippen MR) is 94.3 cm³/mol. The zero-order chi connectivity index (χ0) is 17.0. The highest BCUT2D eigenvalue weighted by Gasteiger charge is 2.51. The van der Waals surface area contributed by atoms with Gasteiger partial charge in [-0.05, 0) is 64.5 Å². The molecule has 2 heterocycles. The van der Waals surface area contributed by atoms with Crippen LogP contribution in [0.5, 0.6) is 0 Å². The lowest BCUT2D eigenvalue weighted by molar-refractivity contribution is 0.00578. The molecule has 1 aliphatic heterocycles. The minimum absolute atomic E-state index is 0.0240. The van der Waals surface area contributed by atoms with Crippen LogP contribution in [0.1, 0.15) is 47.6 Å². The number of hydrogen-bond acceptors (Lipinski definition) is 3. The molecular formula is C18H24BNO3. The summed E-state index contributed by atoms with van der Waals surface area (Å²) in [5.74, 6) is 0. The average Bonchev–Trinajstić information content (AvgIpc) is 2.67. The molecule has 0 unspecified atom stereocenters. The monoisotopic (exact) mass is 313 g/mol. The van der Waals surface area contributed by atoms with E-state index in [2.05, 4.69) is 0 Å². The van der Waals surface area contributed by atoms with E-state index in [4.69, 9.17) is 9.31 Å². The van der Waals surface area contributed by atoms with Crippen molar-refractivity contribution in [3.63, 3.8) is 0 Å². The Labute approximate surface area is 137 Å². The van der Waals surface area contributed by atoms with Crippen LogP contribution in [0.15, 0.2) is 35.3 Å². The Morgan fingerprint density at radius 2 is 1.65 bits per heavy atom. The van der Waals surface area contributed by atoms with E-state index in [0.29, 0.717) is 5.39 Å². The lowest BCUT2D eigenvalue weighted by Gasteiger charge is -2.32. The van der Waals surface area contributed by atoms with Crippen LogP contribution in [0.25, 0.3) is 10.8 Å². The first kappa shape index (κ1) is 16.3. The molecule has 0 saturated carbocycles. The molecule has 0 atom stereocenters. The lowest BCUT2D eigenvalue weighted by atomic mass is 9.78. The van der Waals surface area contributed by atoms with Crippen LogP contribution in [0.4, 0.5) is 0 Å². The smallest absolute Gasteiger partial charge is 0.399 e. The van der Waals surface area contributed by atoms with Crippen LogP contribution >= 0.6 is 0 Å². The van der Waals surface area contributed by atoms with Gasteiger partial charge in [0.25, 0.3) is 5.56 Å². The summed E-state index contributed by atoms with van der Waals surface area (Å²) in [6.07, 6.45) is 1.85. The van der Waals surface area contributed by atoms with Crippen LogP contribution in [-0.4, -0.2) is 22.9 Å². The van der Waals surface area contributed by atoms with Crippen molar-refractivity contribution in [2.45, 2.75) is 58.8 Å². The number of rotatable bonds is 2. The molecule has 3 rings (SSSR count). The van der Waals surface area contributed by atoms with Crippen LogP contribution in [0, 0.1) is 0 Å². The molecule has 1 saturated heterocycles. The van der Waals surface area contributed by atoms with Gasteiger partial charge in [-0.15, -0.1) is 0 Å². The summed E-state index contributed by atoms with van der Waals surface area (Å²) in [7, 11) is -0.448. The Bertz CT molecular complexity index is 792. The standard InChI is InChI=1S/C18H24BNO3/c1-12(2)20-10-9-13-7-8-14(11-15(13)16(20)21)19-22-17(3,4)18(5,6)23-19/h7-12H,1-6H3. The van der Waals surface area contributed by atoms with Gasteiger partial charge in [-0.1, -0.05) is 12.1 Å². The number of fused-ring (bicyclic) bond motifs is 1. The van der Waals surface area contributed by atoms with E-state index < -0.39 is 7.12 Å². The molecule has 122 valence electrons. The topological polar surface area (TPSA) is 40.5 Å². The number of nitrogens with zero attached hydrogens (tertiary/aromatic N) is 1. The van der Waals surface area contributed by atoms with E-state index in [1.807, 2.05) is 72.0 Å². The largest absolute Gasteiger partial charge is 0.494 e. The van der Waals surface area contributed by atoms with Crippen molar-refractivity contribution in [3.05, 3.63) is 40.8 Å². The third-order valence-electron chi connectivity index (χ3n) is 5.04. The Balaban J connectivity index is 2.07. The summed E-state index contributed by atoms with van der Waals surface area (Å²) in [4.78, 5) is 12.7. The minimum Gasteiger partial charge on any atom is -0.399 e. The molecule has 1 aliphatic rings. The summed E-state index contributed by atoms with van der Waals surface area (Å²) < 4.78 is 13.9. The van der Waals surface area contributed by atoms with Gasteiger partial charge >= 0.3 is 7.12 Å². The SMILES string of the molecule is CC(C)n1ccc2ccc(B3OC(C)(C)C(C)(C)O3)cc2c1=O. The molecule has 5 heteroatoms. The van der Waals surface area contributed by atoms with Crippen LogP contribution in [0.3, 0.4) is 0 Å². The van der Waals surface area contributed by atoms with E-state index in [-0.39, 0.29) is 22.8 Å². The van der Waals surface area contributed by atoms with Crippen molar-refractivity contribution in [1.29, 1.82) is 0 Å². The minimum atomic E-state index is -0.448. The van der Waals surface area contributed by atoms with Crippen LogP contribution < -0.4 is 11.0 Å². The number of benzene rings is 1. The fraction of sp³-hybridized carbons (Fsp3) is 0.500. The quantitative estimate of drug-likeness (QED) is 0.801. The first-order chi connectivity index (χ1) is 10.6. The van der Waals surface area contributed by atoms with Gasteiger partial charge in [-0.2, -0.15) is 0 Å². The maximum absolute atomic E-state index is 12.7. The van der Waals surface area contributed by atoms with Crippen LogP contribution in [0.2, 0.25) is 0 Å². The molecule has 0 radical (unpaired) electrons. The van der Waals surface area contributed by atoms with Gasteiger partial charge in [-0.25, -0.2) is 0 Å². The molecule has 23 heavy (non-hydrogen) atoms. The van der Waals surface area contributed by atoms with E-state index in [0.717, 1.165) is 10.8 Å². The Kier molecular flexibility index (Phi) is 3.69. The molecule has 1 aromatic carbocycles. The van der Waals surface area contributed by atoms with Crippen molar-refractivity contribution in [2.75, 3.05) is 0 Å². The zero-order valence-electron chi connectivity index (χ0n) is 14.7. The molecule has 1 aromatic heterocycles. The van der Waals surface area contributed by atoms with E-state index in [9.17, 15) is 4.79 Å². The van der Waals surface area contributed by atoms with Gasteiger partial charge in [0.15, 0.2) is 0 Å². The fourth-order valence-corrected chi connectivity index (χ4v) is 2.80. The van der Waals surface area contributed by atoms with E-state index >= 15 is 0 Å². The summed E-state index contributed by atoms with van der Waals surface area (Å²) in [6.45, 7) is 12.1. The van der Waals surface area contributed by atoms with Crippen molar-refractivity contribution in [3.8, 4) is 0 Å². The highest BCUT2D eigenvalue weighted by Crippen LogP contribution is 2.36. The molecule has 0 N–H and O–H groups in total. The second-order valence-corrected chi connectivity index (χ2v) is 7.56. The Morgan fingerprint density at radius 3 is 2.22 bits per heavy atom. The summed E-state index contributed by atoms with van der Waals surface area (Å²) in [6, 6.07) is 7.95. The maximum Gasteiger partial charge on any atom is 0.494 e. The number of aromatic nitrogens is 1. The fourth-order valence-electron chi connectivity index (χ4n) is 2.80. The average molecular weight is 313 g/mol. The van der Waals surface area contributed by atoms with Crippen molar-refractivity contribution in [1.82, 2.24) is 4.57 Å². The van der Waals surface area contributed by atoms with Gasteiger partial charge in [0, 0.05) is 17.6 Å². The number of pyridine rings is 1. The molecule has 0 aliphatic carbocycles. The molecule has 1 fully saturated rings. The highest BCUT2D eigenvalue weighted by atomic mass is 16.7. The van der Waals surface area contributed by atoms with Crippen molar-refractivity contribution >= 4 is 23.4 Å². The van der Waals surface area contributed by atoms with E-state index in [1.165, 1.54) is 0 Å². The molecule has 2 aromatic rings. The van der Waals surface area contributed by atoms with Gasteiger partial charge < -0.3 is 13.9 Å². The second kappa shape index (κ2) is 5.21.